The molecule has 0 N–H and O–H groups in total. The molecule has 0 unspecified atom stereocenters. The summed E-state index contributed by atoms with van der Waals surface area (Å²) in [6.45, 7) is 2.02. The number of hydrogen-bond donors (Lipinski definition) is 0. The van der Waals surface area contributed by atoms with Gasteiger partial charge in [-0.05, 0) is 31.4 Å². The fraction of sp³-hybridized carbons (Fsp3) is 0.333. The Balaban J connectivity index is 2.03. The maximum absolute atomic E-state index is 5.90. The molecular formula is C12H12ClN3. The molecule has 3 rings (SSSR count). The van der Waals surface area contributed by atoms with Gasteiger partial charge in [-0.2, -0.15) is 0 Å². The van der Waals surface area contributed by atoms with Gasteiger partial charge in [0.05, 0.1) is 17.7 Å². The standard InChI is InChI=1S/C12H12ClN3/c1-8-5-14-12(13)4-11(8)16-6-10(15-7-16)9-2-3-9/h4-7,9H,2-3H2,1H3. The van der Waals surface area contributed by atoms with E-state index >= 15 is 0 Å². The van der Waals surface area contributed by atoms with Crippen molar-refractivity contribution in [3.05, 3.63) is 41.2 Å². The first-order chi connectivity index (χ1) is 7.74. The fourth-order valence-corrected chi connectivity index (χ4v) is 1.98. The van der Waals surface area contributed by atoms with E-state index in [0.29, 0.717) is 11.1 Å². The first-order valence-electron chi connectivity index (χ1n) is 5.40. The van der Waals surface area contributed by atoms with Crippen LogP contribution in [0.1, 0.15) is 30.0 Å². The SMILES string of the molecule is Cc1cnc(Cl)cc1-n1cnc(C2CC2)c1. The van der Waals surface area contributed by atoms with Crippen LogP contribution in [0.2, 0.25) is 5.15 Å². The van der Waals surface area contributed by atoms with Crippen LogP contribution in [-0.2, 0) is 0 Å². The number of hydrogen-bond acceptors (Lipinski definition) is 2. The van der Waals surface area contributed by atoms with Crippen molar-refractivity contribution in [1.29, 1.82) is 0 Å². The van der Waals surface area contributed by atoms with Gasteiger partial charge in [-0.3, -0.25) is 0 Å². The van der Waals surface area contributed by atoms with Crippen molar-refractivity contribution in [2.24, 2.45) is 0 Å². The van der Waals surface area contributed by atoms with Crippen molar-refractivity contribution in [3.63, 3.8) is 0 Å². The topological polar surface area (TPSA) is 30.7 Å². The highest BCUT2D eigenvalue weighted by molar-refractivity contribution is 6.29. The summed E-state index contributed by atoms with van der Waals surface area (Å²) < 4.78 is 2.02. The zero-order valence-corrected chi connectivity index (χ0v) is 9.78. The molecule has 1 saturated carbocycles. The van der Waals surface area contributed by atoms with E-state index in [2.05, 4.69) is 16.2 Å². The van der Waals surface area contributed by atoms with Crippen LogP contribution in [0.3, 0.4) is 0 Å². The molecule has 2 aromatic rings. The van der Waals surface area contributed by atoms with Gasteiger partial charge in [0, 0.05) is 18.3 Å². The van der Waals surface area contributed by atoms with Crippen LogP contribution in [-0.4, -0.2) is 14.5 Å². The molecule has 0 aromatic carbocycles. The fourth-order valence-electron chi connectivity index (χ4n) is 1.83. The van der Waals surface area contributed by atoms with E-state index in [1.54, 1.807) is 6.20 Å². The molecule has 0 bridgehead atoms. The van der Waals surface area contributed by atoms with Crippen LogP contribution in [0.15, 0.2) is 24.8 Å². The van der Waals surface area contributed by atoms with Crippen molar-refractivity contribution in [2.75, 3.05) is 0 Å². The quantitative estimate of drug-likeness (QED) is 0.747. The Labute approximate surface area is 99.1 Å². The first kappa shape index (κ1) is 9.85. The molecule has 16 heavy (non-hydrogen) atoms. The Kier molecular flexibility index (Phi) is 2.21. The van der Waals surface area contributed by atoms with Crippen molar-refractivity contribution < 1.29 is 0 Å². The highest BCUT2D eigenvalue weighted by Gasteiger charge is 2.25. The lowest BCUT2D eigenvalue weighted by molar-refractivity contribution is 1.02. The van der Waals surface area contributed by atoms with Crippen LogP contribution in [0.5, 0.6) is 0 Å². The monoisotopic (exact) mass is 233 g/mol. The van der Waals surface area contributed by atoms with Gasteiger partial charge < -0.3 is 4.57 Å². The van der Waals surface area contributed by atoms with Gasteiger partial charge in [0.2, 0.25) is 0 Å². The minimum Gasteiger partial charge on any atom is -0.306 e. The van der Waals surface area contributed by atoms with Gasteiger partial charge in [-0.15, -0.1) is 0 Å². The van der Waals surface area contributed by atoms with Crippen LogP contribution >= 0.6 is 11.6 Å². The summed E-state index contributed by atoms with van der Waals surface area (Å²) in [5.74, 6) is 0.680. The molecule has 2 aromatic heterocycles. The highest BCUT2D eigenvalue weighted by Crippen LogP contribution is 2.39. The Morgan fingerprint density at radius 1 is 1.38 bits per heavy atom. The summed E-state index contributed by atoms with van der Waals surface area (Å²) in [6.07, 6.45) is 8.28. The maximum Gasteiger partial charge on any atom is 0.131 e. The van der Waals surface area contributed by atoms with Gasteiger partial charge in [-0.1, -0.05) is 11.6 Å². The summed E-state index contributed by atoms with van der Waals surface area (Å²) in [7, 11) is 0. The molecule has 1 aliphatic rings. The third-order valence-electron chi connectivity index (χ3n) is 2.92. The molecule has 4 heteroatoms. The summed E-state index contributed by atoms with van der Waals surface area (Å²) in [5.41, 5.74) is 3.34. The van der Waals surface area contributed by atoms with Crippen molar-refractivity contribution >= 4 is 11.6 Å². The van der Waals surface area contributed by atoms with Crippen molar-refractivity contribution in [2.45, 2.75) is 25.7 Å². The molecule has 2 heterocycles. The minimum absolute atomic E-state index is 0.516. The molecular weight excluding hydrogens is 222 g/mol. The Morgan fingerprint density at radius 2 is 2.19 bits per heavy atom. The van der Waals surface area contributed by atoms with Gasteiger partial charge in [0.15, 0.2) is 0 Å². The van der Waals surface area contributed by atoms with E-state index in [1.165, 1.54) is 18.5 Å². The Hall–Kier alpha value is -1.35. The van der Waals surface area contributed by atoms with E-state index in [0.717, 1.165) is 11.3 Å². The number of pyridine rings is 1. The summed E-state index contributed by atoms with van der Waals surface area (Å²) in [4.78, 5) is 8.48. The lowest BCUT2D eigenvalue weighted by Gasteiger charge is -2.05. The second kappa shape index (κ2) is 3.59. The third kappa shape index (κ3) is 1.71. The minimum atomic E-state index is 0.516. The van der Waals surface area contributed by atoms with E-state index in [1.807, 2.05) is 23.9 Å². The molecule has 0 atom stereocenters. The Bertz CT molecular complexity index is 529. The number of aryl methyl sites for hydroxylation is 1. The molecule has 1 aliphatic carbocycles. The van der Waals surface area contributed by atoms with Crippen molar-refractivity contribution in [1.82, 2.24) is 14.5 Å². The van der Waals surface area contributed by atoms with Gasteiger partial charge >= 0.3 is 0 Å². The normalized spacial score (nSPS) is 15.4. The van der Waals surface area contributed by atoms with Crippen LogP contribution in [0.25, 0.3) is 5.69 Å². The molecule has 0 saturated heterocycles. The Morgan fingerprint density at radius 3 is 2.94 bits per heavy atom. The number of rotatable bonds is 2. The maximum atomic E-state index is 5.90. The molecule has 3 nitrogen and oxygen atoms in total. The smallest absolute Gasteiger partial charge is 0.131 e. The van der Waals surface area contributed by atoms with Crippen LogP contribution in [0, 0.1) is 6.92 Å². The molecule has 0 spiro atoms. The predicted molar refractivity (Wildman–Crippen MR) is 63.1 cm³/mol. The second-order valence-electron chi connectivity index (χ2n) is 4.27. The number of imidazole rings is 1. The van der Waals surface area contributed by atoms with Crippen LogP contribution < -0.4 is 0 Å². The first-order valence-corrected chi connectivity index (χ1v) is 5.78. The number of nitrogens with zero attached hydrogens (tertiary/aromatic N) is 3. The number of halogens is 1. The number of aromatic nitrogens is 3. The second-order valence-corrected chi connectivity index (χ2v) is 4.66. The zero-order valence-electron chi connectivity index (χ0n) is 9.02. The van der Waals surface area contributed by atoms with Crippen molar-refractivity contribution in [3.8, 4) is 5.69 Å². The predicted octanol–water partition coefficient (Wildman–Crippen LogP) is 3.11. The van der Waals surface area contributed by atoms with Gasteiger partial charge in [0.1, 0.15) is 5.15 Å². The lowest BCUT2D eigenvalue weighted by atomic mass is 10.2. The molecule has 0 aliphatic heterocycles. The van der Waals surface area contributed by atoms with Crippen LogP contribution in [0.4, 0.5) is 0 Å². The van der Waals surface area contributed by atoms with E-state index in [9.17, 15) is 0 Å². The summed E-state index contributed by atoms with van der Waals surface area (Å²) >= 11 is 5.90. The average Bonchev–Trinajstić information content (AvgIpc) is 3.01. The van der Waals surface area contributed by atoms with Gasteiger partial charge in [0.25, 0.3) is 0 Å². The third-order valence-corrected chi connectivity index (χ3v) is 3.12. The zero-order chi connectivity index (χ0) is 11.1. The molecule has 0 amide bonds. The highest BCUT2D eigenvalue weighted by atomic mass is 35.5. The lowest BCUT2D eigenvalue weighted by Crippen LogP contribution is -1.94. The van der Waals surface area contributed by atoms with E-state index in [-0.39, 0.29) is 0 Å². The molecule has 82 valence electrons. The van der Waals surface area contributed by atoms with E-state index in [4.69, 9.17) is 11.6 Å². The van der Waals surface area contributed by atoms with Gasteiger partial charge in [-0.25, -0.2) is 9.97 Å². The summed E-state index contributed by atoms with van der Waals surface area (Å²) in [6, 6.07) is 1.87. The average molecular weight is 234 g/mol. The molecule has 1 fully saturated rings. The van der Waals surface area contributed by atoms with E-state index < -0.39 is 0 Å². The largest absolute Gasteiger partial charge is 0.306 e. The molecule has 0 radical (unpaired) electrons. The summed E-state index contributed by atoms with van der Waals surface area (Å²) in [5, 5.41) is 0.516.